The molecule has 1 unspecified atom stereocenters. The Labute approximate surface area is 153 Å². The van der Waals surface area contributed by atoms with Crippen molar-refractivity contribution in [3.63, 3.8) is 0 Å². The van der Waals surface area contributed by atoms with Gasteiger partial charge in [0.1, 0.15) is 0 Å². The number of aromatic nitrogens is 3. The average molecular weight is 346 g/mol. The van der Waals surface area contributed by atoms with E-state index in [1.165, 1.54) is 0 Å². The summed E-state index contributed by atoms with van der Waals surface area (Å²) in [5.41, 5.74) is 3.94. The molecule has 0 saturated carbocycles. The van der Waals surface area contributed by atoms with E-state index in [2.05, 4.69) is 16.0 Å². The molecule has 1 aromatic carbocycles. The third-order valence-corrected chi connectivity index (χ3v) is 5.08. The summed E-state index contributed by atoms with van der Waals surface area (Å²) < 4.78 is 1.97. The van der Waals surface area contributed by atoms with E-state index in [0.29, 0.717) is 0 Å². The highest BCUT2D eigenvalue weighted by Crippen LogP contribution is 2.32. The van der Waals surface area contributed by atoms with E-state index in [1.54, 1.807) is 12.5 Å². The molecule has 26 heavy (non-hydrogen) atoms. The van der Waals surface area contributed by atoms with E-state index in [0.717, 1.165) is 48.2 Å². The van der Waals surface area contributed by atoms with Crippen molar-refractivity contribution in [2.45, 2.75) is 25.3 Å². The molecule has 1 saturated heterocycles. The molecule has 0 bridgehead atoms. The van der Waals surface area contributed by atoms with E-state index >= 15 is 0 Å². The highest BCUT2D eigenvalue weighted by Gasteiger charge is 2.28. The number of carbonyl (C=O) groups is 1. The first-order chi connectivity index (χ1) is 12.7. The lowest BCUT2D eigenvalue weighted by Crippen LogP contribution is -2.38. The molecular formula is C21H22N4O. The van der Waals surface area contributed by atoms with Crippen LogP contribution in [0.15, 0.2) is 61.3 Å². The molecule has 4 rings (SSSR count). The molecule has 1 atom stereocenters. The molecule has 3 heterocycles. The zero-order valence-corrected chi connectivity index (χ0v) is 14.9. The van der Waals surface area contributed by atoms with Gasteiger partial charge in [0, 0.05) is 31.5 Å². The van der Waals surface area contributed by atoms with Crippen LogP contribution in [-0.4, -0.2) is 31.9 Å². The molecule has 1 aliphatic rings. The fourth-order valence-electron chi connectivity index (χ4n) is 3.68. The van der Waals surface area contributed by atoms with Gasteiger partial charge in [-0.1, -0.05) is 18.2 Å². The largest absolute Gasteiger partial charge is 0.334 e. The molecule has 1 aliphatic heterocycles. The van der Waals surface area contributed by atoms with Gasteiger partial charge in [-0.05, 0) is 48.6 Å². The standard InChI is InChI=1S/C21H22N4O/c1-24-15-23-14-20(24)16-7-9-17(10-8-16)21(26)25-12-3-2-6-19(25)18-5-4-11-22-13-18/h4-5,7-11,13-15,19H,2-3,6,12H2,1H3. The van der Waals surface area contributed by atoms with E-state index in [9.17, 15) is 4.79 Å². The van der Waals surface area contributed by atoms with Crippen molar-refractivity contribution < 1.29 is 4.79 Å². The quantitative estimate of drug-likeness (QED) is 0.724. The van der Waals surface area contributed by atoms with Crippen LogP contribution in [0.4, 0.5) is 0 Å². The maximum absolute atomic E-state index is 13.1. The lowest BCUT2D eigenvalue weighted by Gasteiger charge is -2.36. The summed E-state index contributed by atoms with van der Waals surface area (Å²) in [5, 5.41) is 0. The number of piperidine rings is 1. The van der Waals surface area contributed by atoms with Crippen LogP contribution in [0, 0.1) is 0 Å². The number of likely N-dealkylation sites (tertiary alicyclic amines) is 1. The van der Waals surface area contributed by atoms with E-state index in [1.807, 2.05) is 59.2 Å². The van der Waals surface area contributed by atoms with Crippen LogP contribution >= 0.6 is 0 Å². The zero-order chi connectivity index (χ0) is 17.9. The SMILES string of the molecule is Cn1cncc1-c1ccc(C(=O)N2CCCCC2c2cccnc2)cc1. The first kappa shape index (κ1) is 16.5. The van der Waals surface area contributed by atoms with Crippen molar-refractivity contribution in [2.75, 3.05) is 6.54 Å². The van der Waals surface area contributed by atoms with Crippen molar-refractivity contribution in [3.05, 3.63) is 72.4 Å². The smallest absolute Gasteiger partial charge is 0.254 e. The predicted octanol–water partition coefficient (Wildman–Crippen LogP) is 3.85. The minimum atomic E-state index is 0.0927. The molecule has 5 heteroatoms. The highest BCUT2D eigenvalue weighted by molar-refractivity contribution is 5.95. The van der Waals surface area contributed by atoms with Crippen LogP contribution in [0.5, 0.6) is 0 Å². The molecule has 1 amide bonds. The molecule has 0 spiro atoms. The lowest BCUT2D eigenvalue weighted by molar-refractivity contribution is 0.0611. The second-order valence-electron chi connectivity index (χ2n) is 6.76. The first-order valence-electron chi connectivity index (χ1n) is 9.01. The number of pyridine rings is 1. The summed E-state index contributed by atoms with van der Waals surface area (Å²) in [7, 11) is 1.97. The van der Waals surface area contributed by atoms with Crippen LogP contribution in [-0.2, 0) is 7.05 Å². The van der Waals surface area contributed by atoms with E-state index in [4.69, 9.17) is 0 Å². The Morgan fingerprint density at radius 1 is 1.08 bits per heavy atom. The third kappa shape index (κ3) is 3.12. The summed E-state index contributed by atoms with van der Waals surface area (Å²) in [6.07, 6.45) is 10.4. The maximum atomic E-state index is 13.1. The normalized spacial score (nSPS) is 17.3. The first-order valence-corrected chi connectivity index (χ1v) is 9.01. The van der Waals surface area contributed by atoms with E-state index < -0.39 is 0 Å². The number of carbonyl (C=O) groups excluding carboxylic acids is 1. The molecule has 3 aromatic rings. The van der Waals surface area contributed by atoms with Crippen molar-refractivity contribution in [1.82, 2.24) is 19.4 Å². The average Bonchev–Trinajstić information content (AvgIpc) is 3.14. The molecule has 2 aromatic heterocycles. The highest BCUT2D eigenvalue weighted by atomic mass is 16.2. The number of aryl methyl sites for hydroxylation is 1. The van der Waals surface area contributed by atoms with Crippen LogP contribution in [0.1, 0.15) is 41.2 Å². The minimum absolute atomic E-state index is 0.0927. The molecule has 0 N–H and O–H groups in total. The van der Waals surface area contributed by atoms with Gasteiger partial charge in [-0.2, -0.15) is 0 Å². The van der Waals surface area contributed by atoms with Gasteiger partial charge in [0.05, 0.1) is 24.3 Å². The zero-order valence-electron chi connectivity index (χ0n) is 14.9. The lowest BCUT2D eigenvalue weighted by atomic mass is 9.95. The Morgan fingerprint density at radius 3 is 2.62 bits per heavy atom. The Balaban J connectivity index is 1.58. The maximum Gasteiger partial charge on any atom is 0.254 e. The number of benzene rings is 1. The second-order valence-corrected chi connectivity index (χ2v) is 6.76. The molecular weight excluding hydrogens is 324 g/mol. The fourth-order valence-corrected chi connectivity index (χ4v) is 3.68. The topological polar surface area (TPSA) is 51.0 Å². The van der Waals surface area contributed by atoms with Gasteiger partial charge in [-0.3, -0.25) is 9.78 Å². The van der Waals surface area contributed by atoms with Gasteiger partial charge in [0.2, 0.25) is 0 Å². The van der Waals surface area contributed by atoms with Gasteiger partial charge in [-0.25, -0.2) is 4.98 Å². The number of hydrogen-bond acceptors (Lipinski definition) is 3. The minimum Gasteiger partial charge on any atom is -0.334 e. The van der Waals surface area contributed by atoms with Crippen LogP contribution in [0.3, 0.4) is 0 Å². The molecule has 132 valence electrons. The summed E-state index contributed by atoms with van der Waals surface area (Å²) in [6, 6.07) is 11.9. The van der Waals surface area contributed by atoms with Crippen molar-refractivity contribution in [3.8, 4) is 11.3 Å². The Morgan fingerprint density at radius 2 is 1.92 bits per heavy atom. The predicted molar refractivity (Wildman–Crippen MR) is 101 cm³/mol. The number of nitrogens with zero attached hydrogens (tertiary/aromatic N) is 4. The van der Waals surface area contributed by atoms with Crippen LogP contribution < -0.4 is 0 Å². The summed E-state index contributed by atoms with van der Waals surface area (Å²) in [4.78, 5) is 23.5. The van der Waals surface area contributed by atoms with Crippen molar-refractivity contribution in [1.29, 1.82) is 0 Å². The number of rotatable bonds is 3. The third-order valence-electron chi connectivity index (χ3n) is 5.08. The monoisotopic (exact) mass is 346 g/mol. The van der Waals surface area contributed by atoms with Gasteiger partial charge >= 0.3 is 0 Å². The van der Waals surface area contributed by atoms with Crippen LogP contribution in [0.2, 0.25) is 0 Å². The van der Waals surface area contributed by atoms with E-state index in [-0.39, 0.29) is 11.9 Å². The number of imidazole rings is 1. The fraction of sp³-hybridized carbons (Fsp3) is 0.286. The molecule has 1 fully saturated rings. The van der Waals surface area contributed by atoms with Crippen molar-refractivity contribution >= 4 is 5.91 Å². The number of hydrogen-bond donors (Lipinski definition) is 0. The molecule has 0 radical (unpaired) electrons. The Bertz CT molecular complexity index is 886. The summed E-state index contributed by atoms with van der Waals surface area (Å²) >= 11 is 0. The molecule has 5 nitrogen and oxygen atoms in total. The van der Waals surface area contributed by atoms with Gasteiger partial charge in [0.15, 0.2) is 0 Å². The Hall–Kier alpha value is -2.95. The number of amides is 1. The summed E-state index contributed by atoms with van der Waals surface area (Å²) in [5.74, 6) is 0.0927. The van der Waals surface area contributed by atoms with Gasteiger partial charge < -0.3 is 9.47 Å². The van der Waals surface area contributed by atoms with Crippen molar-refractivity contribution in [2.24, 2.45) is 7.05 Å². The van der Waals surface area contributed by atoms with Gasteiger partial charge in [-0.15, -0.1) is 0 Å². The molecule has 0 aliphatic carbocycles. The second kappa shape index (κ2) is 7.12. The van der Waals surface area contributed by atoms with Crippen LogP contribution in [0.25, 0.3) is 11.3 Å². The van der Waals surface area contributed by atoms with Gasteiger partial charge in [0.25, 0.3) is 5.91 Å². The Kier molecular flexibility index (Phi) is 4.52. The summed E-state index contributed by atoms with van der Waals surface area (Å²) in [6.45, 7) is 0.794.